The molecule has 0 heterocycles. The summed E-state index contributed by atoms with van der Waals surface area (Å²) in [6.07, 6.45) is 2.12. The first-order valence-electron chi connectivity index (χ1n) is 7.78. The maximum atomic E-state index is 12.3. The molecule has 126 valence electrons. The quantitative estimate of drug-likeness (QED) is 0.779. The molecule has 0 aromatic heterocycles. The summed E-state index contributed by atoms with van der Waals surface area (Å²) >= 11 is 5.82. The lowest BCUT2D eigenvalue weighted by Gasteiger charge is -2.16. The lowest BCUT2D eigenvalue weighted by molar-refractivity contribution is -0.143. The van der Waals surface area contributed by atoms with Crippen molar-refractivity contribution >= 4 is 23.5 Å². The molecule has 0 fully saturated rings. The lowest BCUT2D eigenvalue weighted by Crippen LogP contribution is -2.41. The van der Waals surface area contributed by atoms with Crippen LogP contribution in [0, 0.1) is 0 Å². The second-order valence-electron chi connectivity index (χ2n) is 5.43. The molecule has 0 aliphatic rings. The fourth-order valence-corrected chi connectivity index (χ4v) is 2.52. The third-order valence-corrected chi connectivity index (χ3v) is 3.95. The minimum Gasteiger partial charge on any atom is -0.467 e. The zero-order valence-electron chi connectivity index (χ0n) is 13.5. The maximum absolute atomic E-state index is 12.3. The van der Waals surface area contributed by atoms with Crippen LogP contribution >= 0.6 is 11.6 Å². The number of aryl methyl sites for hydroxylation is 1. The minimum atomic E-state index is -0.665. The Balaban J connectivity index is 1.93. The Kier molecular flexibility index (Phi) is 6.82. The molecule has 0 aliphatic carbocycles. The zero-order chi connectivity index (χ0) is 17.4. The number of hydrogen-bond acceptors (Lipinski definition) is 3. The van der Waals surface area contributed by atoms with E-state index in [0.717, 1.165) is 12.8 Å². The standard InChI is InChI=1S/C19H20ClNO3/c1-24-19(23)17(9-5-8-14-6-3-2-4-7-14)21-18(22)15-10-12-16(20)13-11-15/h2-4,6-7,10-13,17H,5,8-9H2,1H3,(H,21,22)/t17-/m0/s1. The van der Waals surface area contributed by atoms with E-state index >= 15 is 0 Å². The summed E-state index contributed by atoms with van der Waals surface area (Å²) in [5, 5.41) is 3.29. The molecule has 24 heavy (non-hydrogen) atoms. The summed E-state index contributed by atoms with van der Waals surface area (Å²) in [6, 6.07) is 15.9. The van der Waals surface area contributed by atoms with Gasteiger partial charge in [0.25, 0.3) is 5.91 Å². The summed E-state index contributed by atoms with van der Waals surface area (Å²) in [5.74, 6) is -0.757. The number of nitrogens with one attached hydrogen (secondary N) is 1. The van der Waals surface area contributed by atoms with Crippen molar-refractivity contribution < 1.29 is 14.3 Å². The maximum Gasteiger partial charge on any atom is 0.328 e. The Morgan fingerprint density at radius 1 is 1.08 bits per heavy atom. The first-order valence-corrected chi connectivity index (χ1v) is 8.16. The summed E-state index contributed by atoms with van der Waals surface area (Å²) in [5.41, 5.74) is 1.65. The van der Waals surface area contributed by atoms with Crippen LogP contribution in [-0.2, 0) is 16.0 Å². The topological polar surface area (TPSA) is 55.4 Å². The van der Waals surface area contributed by atoms with Gasteiger partial charge >= 0.3 is 5.97 Å². The van der Waals surface area contributed by atoms with Gasteiger partial charge < -0.3 is 10.1 Å². The second-order valence-corrected chi connectivity index (χ2v) is 5.87. The average Bonchev–Trinajstić information content (AvgIpc) is 2.61. The molecule has 4 nitrogen and oxygen atoms in total. The molecule has 0 aliphatic heterocycles. The summed E-state index contributed by atoms with van der Waals surface area (Å²) < 4.78 is 4.80. The van der Waals surface area contributed by atoms with Crippen molar-refractivity contribution in [3.63, 3.8) is 0 Å². The smallest absolute Gasteiger partial charge is 0.328 e. The number of ether oxygens (including phenoxy) is 1. The van der Waals surface area contributed by atoms with Gasteiger partial charge in [-0.15, -0.1) is 0 Å². The molecule has 0 bridgehead atoms. The molecule has 0 unspecified atom stereocenters. The summed E-state index contributed by atoms with van der Waals surface area (Å²) in [4.78, 5) is 24.2. The van der Waals surface area contributed by atoms with E-state index in [-0.39, 0.29) is 5.91 Å². The number of carbonyl (C=O) groups excluding carboxylic acids is 2. The molecule has 2 rings (SSSR count). The summed E-state index contributed by atoms with van der Waals surface area (Å²) in [6.45, 7) is 0. The first-order chi connectivity index (χ1) is 11.6. The van der Waals surface area contributed by atoms with E-state index in [0.29, 0.717) is 17.0 Å². The minimum absolute atomic E-state index is 0.318. The van der Waals surface area contributed by atoms with Crippen LogP contribution in [0.25, 0.3) is 0 Å². The predicted molar refractivity (Wildman–Crippen MR) is 94.1 cm³/mol. The second kappa shape index (κ2) is 9.08. The Morgan fingerprint density at radius 3 is 2.38 bits per heavy atom. The highest BCUT2D eigenvalue weighted by atomic mass is 35.5. The van der Waals surface area contributed by atoms with Crippen LogP contribution in [0.4, 0.5) is 0 Å². The SMILES string of the molecule is COC(=O)[C@H](CCCc1ccccc1)NC(=O)c1ccc(Cl)cc1. The molecule has 0 saturated heterocycles. The van der Waals surface area contributed by atoms with Crippen molar-refractivity contribution in [3.05, 3.63) is 70.7 Å². The van der Waals surface area contributed by atoms with E-state index < -0.39 is 12.0 Å². The molecule has 1 amide bonds. The number of rotatable bonds is 7. The monoisotopic (exact) mass is 345 g/mol. The molecule has 0 saturated carbocycles. The highest BCUT2D eigenvalue weighted by Gasteiger charge is 2.21. The van der Waals surface area contributed by atoms with Gasteiger partial charge in [0.05, 0.1) is 7.11 Å². The molecular weight excluding hydrogens is 326 g/mol. The largest absolute Gasteiger partial charge is 0.467 e. The van der Waals surface area contributed by atoms with Gasteiger partial charge in [-0.2, -0.15) is 0 Å². The van der Waals surface area contributed by atoms with Crippen molar-refractivity contribution in [3.8, 4) is 0 Å². The molecule has 2 aromatic carbocycles. The van der Waals surface area contributed by atoms with Crippen LogP contribution in [-0.4, -0.2) is 25.0 Å². The number of halogens is 1. The predicted octanol–water partition coefficient (Wildman–Crippen LogP) is 3.63. The number of amides is 1. The van der Waals surface area contributed by atoms with E-state index in [1.807, 2.05) is 30.3 Å². The molecule has 5 heteroatoms. The van der Waals surface area contributed by atoms with Crippen molar-refractivity contribution in [1.29, 1.82) is 0 Å². The van der Waals surface area contributed by atoms with Crippen molar-refractivity contribution in [2.45, 2.75) is 25.3 Å². The highest BCUT2D eigenvalue weighted by Crippen LogP contribution is 2.11. The molecule has 0 radical (unpaired) electrons. The van der Waals surface area contributed by atoms with Gasteiger partial charge in [-0.05, 0) is 49.1 Å². The van der Waals surface area contributed by atoms with Crippen LogP contribution in [0.15, 0.2) is 54.6 Å². The van der Waals surface area contributed by atoms with Gasteiger partial charge in [0, 0.05) is 10.6 Å². The molecule has 1 atom stereocenters. The van der Waals surface area contributed by atoms with E-state index in [1.54, 1.807) is 24.3 Å². The third-order valence-electron chi connectivity index (χ3n) is 3.70. The lowest BCUT2D eigenvalue weighted by atomic mass is 10.0. The van der Waals surface area contributed by atoms with Crippen molar-refractivity contribution in [1.82, 2.24) is 5.32 Å². The Hall–Kier alpha value is -2.33. The van der Waals surface area contributed by atoms with Crippen molar-refractivity contribution in [2.24, 2.45) is 0 Å². The summed E-state index contributed by atoms with van der Waals surface area (Å²) in [7, 11) is 1.32. The highest BCUT2D eigenvalue weighted by molar-refractivity contribution is 6.30. The van der Waals surface area contributed by atoms with Crippen LogP contribution < -0.4 is 5.32 Å². The number of methoxy groups -OCH3 is 1. The third kappa shape index (κ3) is 5.39. The molecule has 1 N–H and O–H groups in total. The van der Waals surface area contributed by atoms with Gasteiger partial charge in [-0.1, -0.05) is 41.9 Å². The van der Waals surface area contributed by atoms with E-state index in [2.05, 4.69) is 5.32 Å². The molecular formula is C19H20ClNO3. The van der Waals surface area contributed by atoms with E-state index in [1.165, 1.54) is 12.7 Å². The number of hydrogen-bond donors (Lipinski definition) is 1. The van der Waals surface area contributed by atoms with E-state index in [9.17, 15) is 9.59 Å². The number of carbonyl (C=O) groups is 2. The van der Waals surface area contributed by atoms with Gasteiger partial charge in [-0.3, -0.25) is 4.79 Å². The van der Waals surface area contributed by atoms with Gasteiger partial charge in [-0.25, -0.2) is 4.79 Å². The number of benzene rings is 2. The van der Waals surface area contributed by atoms with Gasteiger partial charge in [0.15, 0.2) is 0 Å². The van der Waals surface area contributed by atoms with Gasteiger partial charge in [0.2, 0.25) is 0 Å². The fraction of sp³-hybridized carbons (Fsp3) is 0.263. The van der Waals surface area contributed by atoms with Crippen LogP contribution in [0.1, 0.15) is 28.8 Å². The Bertz CT molecular complexity index is 671. The Labute approximate surface area is 146 Å². The normalized spacial score (nSPS) is 11.6. The van der Waals surface area contributed by atoms with Crippen molar-refractivity contribution in [2.75, 3.05) is 7.11 Å². The molecule has 0 spiro atoms. The molecule has 2 aromatic rings. The van der Waals surface area contributed by atoms with Crippen LogP contribution in [0.3, 0.4) is 0 Å². The van der Waals surface area contributed by atoms with Gasteiger partial charge in [0.1, 0.15) is 6.04 Å². The van der Waals surface area contributed by atoms with Crippen LogP contribution in [0.2, 0.25) is 5.02 Å². The zero-order valence-corrected chi connectivity index (χ0v) is 14.3. The average molecular weight is 346 g/mol. The Morgan fingerprint density at radius 2 is 1.75 bits per heavy atom. The van der Waals surface area contributed by atoms with E-state index in [4.69, 9.17) is 16.3 Å². The van der Waals surface area contributed by atoms with Crippen LogP contribution in [0.5, 0.6) is 0 Å². The fourth-order valence-electron chi connectivity index (χ4n) is 2.39. The first kappa shape index (κ1) is 18.0. The number of esters is 1.